The minimum absolute atomic E-state index is 0.0463. The molecule has 1 amide bonds. The lowest BCUT2D eigenvalue weighted by Gasteiger charge is -2.22. The SMILES string of the molecule is COc1ccc(NCCCCNC(C)=O)c2c1C(=O)c1ccccc1C2=O. The van der Waals surface area contributed by atoms with Crippen molar-refractivity contribution >= 4 is 23.2 Å². The van der Waals surface area contributed by atoms with E-state index in [1.54, 1.807) is 36.4 Å². The molecule has 0 atom stereocenters. The van der Waals surface area contributed by atoms with Gasteiger partial charge >= 0.3 is 0 Å². The molecule has 2 aromatic carbocycles. The molecule has 6 heteroatoms. The molecule has 27 heavy (non-hydrogen) atoms. The molecule has 3 rings (SSSR count). The molecule has 0 bridgehead atoms. The number of ketones is 2. The Labute approximate surface area is 157 Å². The first-order valence-corrected chi connectivity index (χ1v) is 8.92. The van der Waals surface area contributed by atoms with Crippen molar-refractivity contribution in [2.24, 2.45) is 0 Å². The Morgan fingerprint density at radius 1 is 0.926 bits per heavy atom. The third kappa shape index (κ3) is 3.69. The minimum Gasteiger partial charge on any atom is -0.496 e. The maximum Gasteiger partial charge on any atom is 0.216 e. The average Bonchev–Trinajstić information content (AvgIpc) is 2.68. The van der Waals surface area contributed by atoms with Gasteiger partial charge < -0.3 is 15.4 Å². The number of hydrogen-bond donors (Lipinski definition) is 2. The number of hydrogen-bond acceptors (Lipinski definition) is 5. The smallest absolute Gasteiger partial charge is 0.216 e. The first kappa shape index (κ1) is 18.6. The summed E-state index contributed by atoms with van der Waals surface area (Å²) in [5.41, 5.74) is 2.11. The van der Waals surface area contributed by atoms with Crippen molar-refractivity contribution in [2.45, 2.75) is 19.8 Å². The van der Waals surface area contributed by atoms with Crippen LogP contribution in [0.5, 0.6) is 5.75 Å². The summed E-state index contributed by atoms with van der Waals surface area (Å²) < 4.78 is 5.34. The van der Waals surface area contributed by atoms with Crippen LogP contribution in [-0.4, -0.2) is 37.7 Å². The zero-order valence-electron chi connectivity index (χ0n) is 15.4. The van der Waals surface area contributed by atoms with Crippen molar-refractivity contribution in [2.75, 3.05) is 25.5 Å². The maximum atomic E-state index is 13.1. The highest BCUT2D eigenvalue weighted by Gasteiger charge is 2.34. The van der Waals surface area contributed by atoms with Gasteiger partial charge in [0, 0.05) is 36.8 Å². The lowest BCUT2D eigenvalue weighted by atomic mass is 9.82. The summed E-state index contributed by atoms with van der Waals surface area (Å²) in [5.74, 6) is -0.0322. The van der Waals surface area contributed by atoms with Crippen LogP contribution in [0, 0.1) is 0 Å². The molecule has 0 fully saturated rings. The molecule has 2 N–H and O–H groups in total. The molecule has 6 nitrogen and oxygen atoms in total. The van der Waals surface area contributed by atoms with E-state index in [4.69, 9.17) is 4.74 Å². The molecule has 0 spiro atoms. The number of ether oxygens (including phenoxy) is 1. The monoisotopic (exact) mass is 366 g/mol. The third-order valence-corrected chi connectivity index (χ3v) is 4.55. The van der Waals surface area contributed by atoms with Crippen molar-refractivity contribution in [3.8, 4) is 5.75 Å². The number of benzene rings is 2. The largest absolute Gasteiger partial charge is 0.496 e. The van der Waals surface area contributed by atoms with Crippen LogP contribution < -0.4 is 15.4 Å². The molecular weight excluding hydrogens is 344 g/mol. The van der Waals surface area contributed by atoms with E-state index in [9.17, 15) is 14.4 Å². The lowest BCUT2D eigenvalue weighted by Crippen LogP contribution is -2.24. The number of rotatable bonds is 7. The van der Waals surface area contributed by atoms with Crippen LogP contribution in [0.4, 0.5) is 5.69 Å². The van der Waals surface area contributed by atoms with Gasteiger partial charge in [-0.15, -0.1) is 0 Å². The lowest BCUT2D eigenvalue weighted by molar-refractivity contribution is -0.118. The zero-order chi connectivity index (χ0) is 19.4. The van der Waals surface area contributed by atoms with Crippen LogP contribution in [0.25, 0.3) is 0 Å². The summed E-state index contributed by atoms with van der Waals surface area (Å²) in [7, 11) is 1.49. The summed E-state index contributed by atoms with van der Waals surface area (Å²) in [6, 6.07) is 10.3. The standard InChI is InChI=1S/C21H22N2O4/c1-13(24)22-11-5-6-12-23-16-9-10-17(27-2)19-18(16)20(25)14-7-3-4-8-15(14)21(19)26/h3-4,7-10,23H,5-6,11-12H2,1-2H3,(H,22,24). The van der Waals surface area contributed by atoms with Crippen molar-refractivity contribution in [3.63, 3.8) is 0 Å². The number of carbonyl (C=O) groups excluding carboxylic acids is 3. The van der Waals surface area contributed by atoms with E-state index >= 15 is 0 Å². The number of fused-ring (bicyclic) bond motifs is 2. The molecule has 0 saturated carbocycles. The third-order valence-electron chi connectivity index (χ3n) is 4.55. The molecule has 0 heterocycles. The molecule has 0 unspecified atom stereocenters. The van der Waals surface area contributed by atoms with E-state index in [1.807, 2.05) is 0 Å². The van der Waals surface area contributed by atoms with Gasteiger partial charge in [-0.1, -0.05) is 24.3 Å². The van der Waals surface area contributed by atoms with Crippen LogP contribution in [0.1, 0.15) is 51.6 Å². The van der Waals surface area contributed by atoms with E-state index in [2.05, 4.69) is 10.6 Å². The van der Waals surface area contributed by atoms with Crippen LogP contribution in [0.15, 0.2) is 36.4 Å². The quantitative estimate of drug-likeness (QED) is 0.628. The average molecular weight is 366 g/mol. The van der Waals surface area contributed by atoms with Crippen molar-refractivity contribution in [1.29, 1.82) is 0 Å². The van der Waals surface area contributed by atoms with Crippen LogP contribution >= 0.6 is 0 Å². The van der Waals surface area contributed by atoms with Gasteiger partial charge in [-0.05, 0) is 25.0 Å². The fraction of sp³-hybridized carbons (Fsp3) is 0.286. The van der Waals surface area contributed by atoms with Gasteiger partial charge in [0.2, 0.25) is 5.91 Å². The molecule has 0 aliphatic heterocycles. The topological polar surface area (TPSA) is 84.5 Å². The van der Waals surface area contributed by atoms with Gasteiger partial charge in [-0.3, -0.25) is 14.4 Å². The fourth-order valence-corrected chi connectivity index (χ4v) is 3.25. The van der Waals surface area contributed by atoms with E-state index in [1.165, 1.54) is 14.0 Å². The Kier molecular flexibility index (Phi) is 5.54. The summed E-state index contributed by atoms with van der Waals surface area (Å²) in [5, 5.41) is 6.00. The predicted octanol–water partition coefficient (Wildman–Crippen LogP) is 2.80. The van der Waals surface area contributed by atoms with Crippen LogP contribution in [0.3, 0.4) is 0 Å². The molecule has 1 aliphatic carbocycles. The summed E-state index contributed by atoms with van der Waals surface area (Å²) in [6.45, 7) is 2.73. The van der Waals surface area contributed by atoms with Gasteiger partial charge in [-0.2, -0.15) is 0 Å². The molecule has 1 aliphatic rings. The highest BCUT2D eigenvalue weighted by molar-refractivity contribution is 6.31. The number of carbonyl (C=O) groups is 3. The highest BCUT2D eigenvalue weighted by Crippen LogP contribution is 2.37. The minimum atomic E-state index is -0.202. The van der Waals surface area contributed by atoms with Crippen molar-refractivity contribution in [1.82, 2.24) is 5.32 Å². The highest BCUT2D eigenvalue weighted by atomic mass is 16.5. The predicted molar refractivity (Wildman–Crippen MR) is 103 cm³/mol. The van der Waals surface area contributed by atoms with E-state index in [0.717, 1.165) is 12.8 Å². The Bertz CT molecular complexity index is 905. The number of unbranched alkanes of at least 4 members (excludes halogenated alkanes) is 1. The Morgan fingerprint density at radius 3 is 2.19 bits per heavy atom. The van der Waals surface area contributed by atoms with Gasteiger partial charge in [0.25, 0.3) is 0 Å². The number of anilines is 1. The number of methoxy groups -OCH3 is 1. The van der Waals surface area contributed by atoms with Crippen LogP contribution in [-0.2, 0) is 4.79 Å². The molecule has 140 valence electrons. The Balaban J connectivity index is 1.85. The van der Waals surface area contributed by atoms with E-state index < -0.39 is 0 Å². The van der Waals surface area contributed by atoms with E-state index in [0.29, 0.717) is 46.8 Å². The van der Waals surface area contributed by atoms with Gasteiger partial charge in [-0.25, -0.2) is 0 Å². The van der Waals surface area contributed by atoms with Crippen molar-refractivity contribution < 1.29 is 19.1 Å². The fourth-order valence-electron chi connectivity index (χ4n) is 3.25. The summed E-state index contributed by atoms with van der Waals surface area (Å²) in [6.07, 6.45) is 1.64. The zero-order valence-corrected chi connectivity index (χ0v) is 15.4. The second kappa shape index (κ2) is 8.03. The van der Waals surface area contributed by atoms with Crippen molar-refractivity contribution in [3.05, 3.63) is 58.7 Å². The molecule has 0 saturated heterocycles. The first-order valence-electron chi connectivity index (χ1n) is 8.92. The Hall–Kier alpha value is -3.15. The van der Waals surface area contributed by atoms with Crippen LogP contribution in [0.2, 0.25) is 0 Å². The van der Waals surface area contributed by atoms with E-state index in [-0.39, 0.29) is 17.5 Å². The summed E-state index contributed by atoms with van der Waals surface area (Å²) >= 11 is 0. The van der Waals surface area contributed by atoms with Gasteiger partial charge in [0.05, 0.1) is 18.2 Å². The molecular formula is C21H22N2O4. The van der Waals surface area contributed by atoms with Gasteiger partial charge in [0.1, 0.15) is 5.75 Å². The Morgan fingerprint density at radius 2 is 1.56 bits per heavy atom. The molecule has 2 aromatic rings. The second-order valence-electron chi connectivity index (χ2n) is 6.39. The normalized spacial score (nSPS) is 12.2. The second-order valence-corrected chi connectivity index (χ2v) is 6.39. The number of amides is 1. The van der Waals surface area contributed by atoms with Gasteiger partial charge in [0.15, 0.2) is 11.6 Å². The number of nitrogens with one attached hydrogen (secondary N) is 2. The first-order chi connectivity index (χ1) is 13.0. The maximum absolute atomic E-state index is 13.1. The molecule has 0 radical (unpaired) electrons. The summed E-state index contributed by atoms with van der Waals surface area (Å²) in [4.78, 5) is 36.9. The molecule has 0 aromatic heterocycles.